The average Bonchev–Trinajstić information content (AvgIpc) is 2.47. The number of anilines is 1. The fourth-order valence-corrected chi connectivity index (χ4v) is 2.09. The van der Waals surface area contributed by atoms with Gasteiger partial charge in [-0.25, -0.2) is 0 Å². The normalized spacial score (nSPS) is 10.4. The standard InChI is InChI=1S/C15H10ClN3O/c16-10-6-8-18-14(9-10)15(20)19-13-5-1-4-12-11(13)3-2-7-17-12/h1-9H,(H,19,20). The summed E-state index contributed by atoms with van der Waals surface area (Å²) in [5, 5.41) is 4.18. The molecule has 0 saturated carbocycles. The van der Waals surface area contributed by atoms with Crippen LogP contribution in [0.15, 0.2) is 54.9 Å². The number of halogens is 1. The number of aromatic nitrogens is 2. The van der Waals surface area contributed by atoms with E-state index in [4.69, 9.17) is 11.6 Å². The molecule has 5 heteroatoms. The average molecular weight is 284 g/mol. The number of hydrogen-bond acceptors (Lipinski definition) is 3. The zero-order chi connectivity index (χ0) is 13.9. The first-order chi connectivity index (χ1) is 9.74. The molecular weight excluding hydrogens is 274 g/mol. The lowest BCUT2D eigenvalue weighted by Gasteiger charge is -2.07. The minimum absolute atomic E-state index is 0.276. The van der Waals surface area contributed by atoms with Gasteiger partial charge >= 0.3 is 0 Å². The number of hydrogen-bond donors (Lipinski definition) is 1. The molecule has 0 aliphatic rings. The Morgan fingerprint density at radius 3 is 2.80 bits per heavy atom. The van der Waals surface area contributed by atoms with Gasteiger partial charge in [-0.1, -0.05) is 17.7 Å². The highest BCUT2D eigenvalue weighted by molar-refractivity contribution is 6.31. The molecular formula is C15H10ClN3O. The Balaban J connectivity index is 1.95. The predicted octanol–water partition coefficient (Wildman–Crippen LogP) is 3.54. The number of carbonyl (C=O) groups is 1. The number of amides is 1. The number of fused-ring (bicyclic) bond motifs is 1. The second kappa shape index (κ2) is 5.27. The van der Waals surface area contributed by atoms with Crippen molar-refractivity contribution < 1.29 is 4.79 Å². The summed E-state index contributed by atoms with van der Waals surface area (Å²) in [6.07, 6.45) is 3.22. The van der Waals surface area contributed by atoms with Crippen molar-refractivity contribution in [3.8, 4) is 0 Å². The first-order valence-electron chi connectivity index (χ1n) is 6.01. The van der Waals surface area contributed by atoms with Gasteiger partial charge in [-0.2, -0.15) is 0 Å². The molecule has 0 saturated heterocycles. The van der Waals surface area contributed by atoms with Crippen molar-refractivity contribution in [1.29, 1.82) is 0 Å². The Kier molecular flexibility index (Phi) is 3.31. The molecule has 98 valence electrons. The third-order valence-electron chi connectivity index (χ3n) is 2.85. The molecule has 20 heavy (non-hydrogen) atoms. The van der Waals surface area contributed by atoms with Gasteiger partial charge in [0, 0.05) is 22.8 Å². The van der Waals surface area contributed by atoms with Crippen LogP contribution in [0.1, 0.15) is 10.5 Å². The topological polar surface area (TPSA) is 54.9 Å². The summed E-state index contributed by atoms with van der Waals surface area (Å²) in [5.74, 6) is -0.302. The van der Waals surface area contributed by atoms with Crippen LogP contribution in [0.5, 0.6) is 0 Å². The second-order valence-corrected chi connectivity index (χ2v) is 4.63. The van der Waals surface area contributed by atoms with Crippen LogP contribution in [0.3, 0.4) is 0 Å². The highest BCUT2D eigenvalue weighted by atomic mass is 35.5. The third-order valence-corrected chi connectivity index (χ3v) is 3.08. The van der Waals surface area contributed by atoms with Crippen molar-refractivity contribution in [1.82, 2.24) is 9.97 Å². The molecule has 2 aromatic heterocycles. The highest BCUT2D eigenvalue weighted by Crippen LogP contribution is 2.22. The molecule has 0 unspecified atom stereocenters. The van der Waals surface area contributed by atoms with Crippen molar-refractivity contribution >= 4 is 34.1 Å². The van der Waals surface area contributed by atoms with Crippen LogP contribution >= 0.6 is 11.6 Å². The molecule has 0 atom stereocenters. The first-order valence-corrected chi connectivity index (χ1v) is 6.38. The van der Waals surface area contributed by atoms with E-state index < -0.39 is 0 Å². The number of pyridine rings is 2. The van der Waals surface area contributed by atoms with Crippen LogP contribution in [0.25, 0.3) is 10.9 Å². The van der Waals surface area contributed by atoms with E-state index in [1.807, 2.05) is 30.3 Å². The molecule has 1 aromatic carbocycles. The van der Waals surface area contributed by atoms with Crippen molar-refractivity contribution in [3.63, 3.8) is 0 Å². The summed E-state index contributed by atoms with van der Waals surface area (Å²) in [4.78, 5) is 20.4. The summed E-state index contributed by atoms with van der Waals surface area (Å²) in [7, 11) is 0. The fraction of sp³-hybridized carbons (Fsp3) is 0. The van der Waals surface area contributed by atoms with Gasteiger partial charge in [0.15, 0.2) is 0 Å². The molecule has 1 amide bonds. The summed E-state index contributed by atoms with van der Waals surface area (Å²) in [6.45, 7) is 0. The molecule has 0 radical (unpaired) electrons. The van der Waals surface area contributed by atoms with Crippen LogP contribution in [0, 0.1) is 0 Å². The predicted molar refractivity (Wildman–Crippen MR) is 78.9 cm³/mol. The lowest BCUT2D eigenvalue weighted by Crippen LogP contribution is -2.13. The van der Waals surface area contributed by atoms with E-state index >= 15 is 0 Å². The minimum atomic E-state index is -0.302. The van der Waals surface area contributed by atoms with Gasteiger partial charge in [0.1, 0.15) is 5.69 Å². The van der Waals surface area contributed by atoms with E-state index in [0.29, 0.717) is 10.7 Å². The zero-order valence-corrected chi connectivity index (χ0v) is 11.1. The van der Waals surface area contributed by atoms with Gasteiger partial charge in [0.2, 0.25) is 0 Å². The summed E-state index contributed by atoms with van der Waals surface area (Å²) in [6, 6.07) is 12.4. The molecule has 1 N–H and O–H groups in total. The maximum Gasteiger partial charge on any atom is 0.274 e. The lowest BCUT2D eigenvalue weighted by atomic mass is 10.2. The first kappa shape index (κ1) is 12.6. The Labute approximate surface area is 120 Å². The molecule has 0 aliphatic carbocycles. The molecule has 3 rings (SSSR count). The van der Waals surface area contributed by atoms with Crippen LogP contribution in [0.4, 0.5) is 5.69 Å². The lowest BCUT2D eigenvalue weighted by molar-refractivity contribution is 0.102. The van der Waals surface area contributed by atoms with E-state index in [1.165, 1.54) is 12.3 Å². The minimum Gasteiger partial charge on any atom is -0.320 e. The van der Waals surface area contributed by atoms with E-state index in [0.717, 1.165) is 10.9 Å². The number of benzene rings is 1. The zero-order valence-electron chi connectivity index (χ0n) is 10.4. The Hall–Kier alpha value is -2.46. The van der Waals surface area contributed by atoms with E-state index in [2.05, 4.69) is 15.3 Å². The number of carbonyl (C=O) groups excluding carboxylic acids is 1. The SMILES string of the molecule is O=C(Nc1cccc2ncccc12)c1cc(Cl)ccn1. The quantitative estimate of drug-likeness (QED) is 0.783. The smallest absolute Gasteiger partial charge is 0.274 e. The fourth-order valence-electron chi connectivity index (χ4n) is 1.93. The monoisotopic (exact) mass is 283 g/mol. The van der Waals surface area contributed by atoms with E-state index in [1.54, 1.807) is 12.3 Å². The molecule has 3 aromatic rings. The van der Waals surface area contributed by atoms with Crippen molar-refractivity contribution in [2.45, 2.75) is 0 Å². The van der Waals surface area contributed by atoms with Crippen LogP contribution < -0.4 is 5.32 Å². The molecule has 0 bridgehead atoms. The van der Waals surface area contributed by atoms with Crippen molar-refractivity contribution in [2.24, 2.45) is 0 Å². The number of nitrogens with zero attached hydrogens (tertiary/aromatic N) is 2. The van der Waals surface area contributed by atoms with Crippen LogP contribution in [0.2, 0.25) is 5.02 Å². The summed E-state index contributed by atoms with van der Waals surface area (Å²) >= 11 is 5.86. The molecule has 0 spiro atoms. The number of nitrogens with one attached hydrogen (secondary N) is 1. The van der Waals surface area contributed by atoms with Crippen LogP contribution in [-0.4, -0.2) is 15.9 Å². The summed E-state index contributed by atoms with van der Waals surface area (Å²) < 4.78 is 0. The van der Waals surface area contributed by atoms with Crippen molar-refractivity contribution in [3.05, 3.63) is 65.6 Å². The molecule has 2 heterocycles. The Morgan fingerprint density at radius 2 is 1.95 bits per heavy atom. The van der Waals surface area contributed by atoms with Gasteiger partial charge in [-0.15, -0.1) is 0 Å². The highest BCUT2D eigenvalue weighted by Gasteiger charge is 2.10. The molecule has 0 fully saturated rings. The van der Waals surface area contributed by atoms with Gasteiger partial charge in [-0.3, -0.25) is 14.8 Å². The molecule has 0 aliphatic heterocycles. The van der Waals surface area contributed by atoms with Gasteiger partial charge in [0.25, 0.3) is 5.91 Å². The van der Waals surface area contributed by atoms with Crippen molar-refractivity contribution in [2.75, 3.05) is 5.32 Å². The van der Waals surface area contributed by atoms with E-state index in [9.17, 15) is 4.79 Å². The number of rotatable bonds is 2. The van der Waals surface area contributed by atoms with Gasteiger partial charge in [-0.05, 0) is 36.4 Å². The van der Waals surface area contributed by atoms with Gasteiger partial charge in [0.05, 0.1) is 11.2 Å². The second-order valence-electron chi connectivity index (χ2n) is 4.19. The molecule has 4 nitrogen and oxygen atoms in total. The van der Waals surface area contributed by atoms with Gasteiger partial charge < -0.3 is 5.32 Å². The van der Waals surface area contributed by atoms with Crippen LogP contribution in [-0.2, 0) is 0 Å². The Bertz CT molecular complexity index is 783. The maximum atomic E-state index is 12.2. The summed E-state index contributed by atoms with van der Waals surface area (Å²) in [5.41, 5.74) is 1.80. The van der Waals surface area contributed by atoms with E-state index in [-0.39, 0.29) is 11.6 Å². The third kappa shape index (κ3) is 2.46. The Morgan fingerprint density at radius 1 is 1.05 bits per heavy atom. The maximum absolute atomic E-state index is 12.2. The largest absolute Gasteiger partial charge is 0.320 e.